The van der Waals surface area contributed by atoms with Crippen LogP contribution < -0.4 is 16.0 Å². The second-order valence-corrected chi connectivity index (χ2v) is 7.09. The number of methoxy groups -OCH3 is 1. The van der Waals surface area contributed by atoms with Crippen LogP contribution in [0.4, 0.5) is 10.5 Å². The zero-order chi connectivity index (χ0) is 21.4. The first-order valence-electron chi connectivity index (χ1n) is 9.39. The molecule has 0 unspecified atom stereocenters. The molecule has 0 bridgehead atoms. The maximum atomic E-state index is 12.6. The van der Waals surface area contributed by atoms with Gasteiger partial charge in [-0.15, -0.1) is 0 Å². The Kier molecular flexibility index (Phi) is 7.77. The lowest BCUT2D eigenvalue weighted by molar-refractivity contribution is -0.124. The predicted octanol–water partition coefficient (Wildman–Crippen LogP) is 3.24. The number of hydrogen-bond acceptors (Lipinski definition) is 4. The highest BCUT2D eigenvalue weighted by Gasteiger charge is 2.24. The molecule has 0 aromatic heterocycles. The van der Waals surface area contributed by atoms with Crippen molar-refractivity contribution in [3.8, 4) is 0 Å². The van der Waals surface area contributed by atoms with Crippen LogP contribution in [0.2, 0.25) is 0 Å². The topological polar surface area (TPSA) is 96.5 Å². The highest BCUT2D eigenvalue weighted by atomic mass is 16.5. The van der Waals surface area contributed by atoms with Crippen LogP contribution in [0.3, 0.4) is 0 Å². The molecule has 0 fully saturated rings. The lowest BCUT2D eigenvalue weighted by Crippen LogP contribution is -2.49. The summed E-state index contributed by atoms with van der Waals surface area (Å²) in [6.07, 6.45) is -0.546. The summed E-state index contributed by atoms with van der Waals surface area (Å²) < 4.78 is 4.54. The largest absolute Gasteiger partial charge is 0.453 e. The van der Waals surface area contributed by atoms with Crippen molar-refractivity contribution >= 4 is 23.6 Å². The summed E-state index contributed by atoms with van der Waals surface area (Å²) in [5.41, 5.74) is 3.04. The molecule has 1 atom stereocenters. The van der Waals surface area contributed by atoms with Crippen molar-refractivity contribution in [1.82, 2.24) is 10.6 Å². The molecule has 0 aliphatic heterocycles. The van der Waals surface area contributed by atoms with E-state index in [9.17, 15) is 14.4 Å². The molecule has 0 spiro atoms. The van der Waals surface area contributed by atoms with Crippen molar-refractivity contribution in [3.05, 3.63) is 65.2 Å². The van der Waals surface area contributed by atoms with Crippen LogP contribution in [0.25, 0.3) is 0 Å². The van der Waals surface area contributed by atoms with E-state index >= 15 is 0 Å². The Labute approximate surface area is 170 Å². The van der Waals surface area contributed by atoms with Crippen LogP contribution >= 0.6 is 0 Å². The summed E-state index contributed by atoms with van der Waals surface area (Å²) in [6, 6.07) is 13.6. The Bertz CT molecular complexity index is 845. The van der Waals surface area contributed by atoms with E-state index in [1.165, 1.54) is 7.11 Å². The highest BCUT2D eigenvalue weighted by molar-refractivity contribution is 5.97. The van der Waals surface area contributed by atoms with Crippen molar-refractivity contribution < 1.29 is 19.1 Å². The van der Waals surface area contributed by atoms with E-state index in [0.29, 0.717) is 17.8 Å². The summed E-state index contributed by atoms with van der Waals surface area (Å²) in [7, 11) is 1.29. The smallest absolute Gasteiger partial charge is 0.411 e. The third-order valence-electron chi connectivity index (χ3n) is 4.40. The summed E-state index contributed by atoms with van der Waals surface area (Å²) in [5.74, 6) is -0.606. The van der Waals surface area contributed by atoms with Gasteiger partial charge in [0.2, 0.25) is 5.91 Å². The van der Waals surface area contributed by atoms with E-state index < -0.39 is 12.1 Å². The summed E-state index contributed by atoms with van der Waals surface area (Å²) in [5, 5.41) is 8.23. The monoisotopic (exact) mass is 397 g/mol. The summed E-state index contributed by atoms with van der Waals surface area (Å²) in [4.78, 5) is 36.3. The molecule has 2 rings (SSSR count). The number of carbonyl (C=O) groups excluding carboxylic acids is 3. The van der Waals surface area contributed by atoms with Crippen molar-refractivity contribution in [2.45, 2.75) is 33.4 Å². The maximum Gasteiger partial charge on any atom is 0.411 e. The molecule has 0 saturated carbocycles. The first kappa shape index (κ1) is 21.9. The van der Waals surface area contributed by atoms with Gasteiger partial charge in [-0.1, -0.05) is 43.7 Å². The molecule has 2 aromatic carbocycles. The van der Waals surface area contributed by atoms with Gasteiger partial charge in [0.05, 0.1) is 7.11 Å². The fraction of sp³-hybridized carbons (Fsp3) is 0.318. The van der Waals surface area contributed by atoms with E-state index in [1.54, 1.807) is 36.4 Å². The molecule has 7 nitrogen and oxygen atoms in total. The predicted molar refractivity (Wildman–Crippen MR) is 112 cm³/mol. The molecule has 3 N–H and O–H groups in total. The number of ether oxygens (including phenoxy) is 1. The van der Waals surface area contributed by atoms with Crippen molar-refractivity contribution in [3.63, 3.8) is 0 Å². The SMILES string of the molecule is COC(=O)Nc1ccc(CNC(=O)[C@H](NC(=O)c2ccc(C)cc2)C(C)C)cc1. The molecule has 0 saturated heterocycles. The minimum absolute atomic E-state index is 0.0731. The average Bonchev–Trinajstić information content (AvgIpc) is 2.71. The molecule has 29 heavy (non-hydrogen) atoms. The van der Waals surface area contributed by atoms with Gasteiger partial charge < -0.3 is 15.4 Å². The van der Waals surface area contributed by atoms with Gasteiger partial charge in [-0.2, -0.15) is 0 Å². The van der Waals surface area contributed by atoms with Gasteiger partial charge in [0.15, 0.2) is 0 Å². The number of nitrogens with one attached hydrogen (secondary N) is 3. The highest BCUT2D eigenvalue weighted by Crippen LogP contribution is 2.11. The van der Waals surface area contributed by atoms with E-state index in [0.717, 1.165) is 11.1 Å². The fourth-order valence-corrected chi connectivity index (χ4v) is 2.64. The minimum Gasteiger partial charge on any atom is -0.453 e. The van der Waals surface area contributed by atoms with E-state index in [4.69, 9.17) is 0 Å². The number of carbonyl (C=O) groups is 3. The number of hydrogen-bond donors (Lipinski definition) is 3. The molecule has 0 aliphatic rings. The number of amides is 3. The zero-order valence-corrected chi connectivity index (χ0v) is 17.1. The Hall–Kier alpha value is -3.35. The molecule has 7 heteroatoms. The fourth-order valence-electron chi connectivity index (χ4n) is 2.64. The first-order valence-corrected chi connectivity index (χ1v) is 9.39. The van der Waals surface area contributed by atoms with Gasteiger partial charge in [-0.05, 0) is 42.7 Å². The minimum atomic E-state index is -0.649. The number of benzene rings is 2. The number of aryl methyl sites for hydroxylation is 1. The Balaban J connectivity index is 1.94. The number of anilines is 1. The van der Waals surface area contributed by atoms with E-state index in [1.807, 2.05) is 32.9 Å². The quantitative estimate of drug-likeness (QED) is 0.668. The van der Waals surface area contributed by atoms with Gasteiger partial charge in [-0.3, -0.25) is 14.9 Å². The van der Waals surface area contributed by atoms with Crippen LogP contribution in [0.1, 0.15) is 35.3 Å². The van der Waals surface area contributed by atoms with Crippen LogP contribution in [0.5, 0.6) is 0 Å². The summed E-state index contributed by atoms with van der Waals surface area (Å²) in [6.45, 7) is 6.02. The first-order chi connectivity index (χ1) is 13.8. The third-order valence-corrected chi connectivity index (χ3v) is 4.40. The Morgan fingerprint density at radius 1 is 0.966 bits per heavy atom. The van der Waals surface area contributed by atoms with E-state index in [-0.39, 0.29) is 17.7 Å². The molecule has 154 valence electrons. The molecular weight excluding hydrogens is 370 g/mol. The molecule has 0 aliphatic carbocycles. The number of rotatable bonds is 7. The third kappa shape index (κ3) is 6.64. The van der Waals surface area contributed by atoms with Gasteiger partial charge in [-0.25, -0.2) is 4.79 Å². The lowest BCUT2D eigenvalue weighted by atomic mass is 10.0. The van der Waals surface area contributed by atoms with Gasteiger partial charge in [0.25, 0.3) is 5.91 Å². The van der Waals surface area contributed by atoms with E-state index in [2.05, 4.69) is 20.7 Å². The van der Waals surface area contributed by atoms with Crippen LogP contribution in [0.15, 0.2) is 48.5 Å². The van der Waals surface area contributed by atoms with Crippen LogP contribution in [0, 0.1) is 12.8 Å². The lowest BCUT2D eigenvalue weighted by Gasteiger charge is -2.22. The van der Waals surface area contributed by atoms with Crippen molar-refractivity contribution in [2.75, 3.05) is 12.4 Å². The maximum absolute atomic E-state index is 12.6. The average molecular weight is 397 g/mol. The second-order valence-electron chi connectivity index (χ2n) is 7.09. The zero-order valence-electron chi connectivity index (χ0n) is 17.1. The van der Waals surface area contributed by atoms with Gasteiger partial charge in [0, 0.05) is 17.8 Å². The molecule has 0 heterocycles. The van der Waals surface area contributed by atoms with Crippen molar-refractivity contribution in [2.24, 2.45) is 5.92 Å². The molecular formula is C22H27N3O4. The normalized spacial score (nSPS) is 11.5. The molecule has 2 aromatic rings. The standard InChI is InChI=1S/C22H27N3O4/c1-14(2)19(25-20(26)17-9-5-15(3)6-10-17)21(27)23-13-16-7-11-18(12-8-16)24-22(28)29-4/h5-12,14,19H,13H2,1-4H3,(H,23,27)(H,24,28)(H,25,26)/t19-/m1/s1. The van der Waals surface area contributed by atoms with Gasteiger partial charge >= 0.3 is 6.09 Å². The summed E-state index contributed by atoms with van der Waals surface area (Å²) >= 11 is 0. The van der Waals surface area contributed by atoms with Crippen LogP contribution in [-0.2, 0) is 16.1 Å². The molecule has 3 amide bonds. The van der Waals surface area contributed by atoms with Gasteiger partial charge in [0.1, 0.15) is 6.04 Å². The van der Waals surface area contributed by atoms with Crippen molar-refractivity contribution in [1.29, 1.82) is 0 Å². The Morgan fingerprint density at radius 2 is 1.59 bits per heavy atom. The molecule has 0 radical (unpaired) electrons. The van der Waals surface area contributed by atoms with Crippen LogP contribution in [-0.4, -0.2) is 31.1 Å². The Morgan fingerprint density at radius 3 is 2.14 bits per heavy atom. The second kappa shape index (κ2) is 10.3.